The average Bonchev–Trinajstić information content (AvgIpc) is 2.89. The predicted molar refractivity (Wildman–Crippen MR) is 148 cm³/mol. The van der Waals surface area contributed by atoms with E-state index in [9.17, 15) is 19.9 Å². The lowest BCUT2D eigenvalue weighted by molar-refractivity contribution is -0.255. The minimum absolute atomic E-state index is 0.325. The Hall–Kier alpha value is -3.70. The van der Waals surface area contributed by atoms with Gasteiger partial charge in [-0.25, -0.2) is 0 Å². The highest BCUT2D eigenvalue weighted by Crippen LogP contribution is 2.40. The second-order valence-electron chi connectivity index (χ2n) is 10.5. The fourth-order valence-electron chi connectivity index (χ4n) is 5.03. The zero-order chi connectivity index (χ0) is 29.5. The van der Waals surface area contributed by atoms with Crippen molar-refractivity contribution in [3.05, 3.63) is 71.1 Å². The monoisotopic (exact) mass is 569 g/mol. The van der Waals surface area contributed by atoms with E-state index in [0.29, 0.717) is 0 Å². The molecule has 214 valence electrons. The number of carbonyl (C=O) groups is 3. The number of azide groups is 1. The third-order valence-corrected chi connectivity index (χ3v) is 11.6. The Kier molecular flexibility index (Phi) is 10.1. The summed E-state index contributed by atoms with van der Waals surface area (Å²) in [5.74, 6) is -1.97. The standard InChI is InChI=1S/C28H35N3O8Si/c1-18(32)35-17-23-25(36-19(2)33)26(37-20(3)34)24(30-31-29)27(38-23)39-40(28(4,5)6,21-13-9-7-10-14-21)22-15-11-8-12-16-22/h7-16,23-27H,17H2,1-6H3/t23?,24?,25-,26+,27-/m0/s1. The number of carbonyl (C=O) groups excluding carboxylic acids is 3. The lowest BCUT2D eigenvalue weighted by Gasteiger charge is -2.49. The first-order chi connectivity index (χ1) is 18.9. The molecule has 11 nitrogen and oxygen atoms in total. The molecule has 5 atom stereocenters. The minimum atomic E-state index is -3.27. The Labute approximate surface area is 234 Å². The topological polar surface area (TPSA) is 146 Å². The van der Waals surface area contributed by atoms with Gasteiger partial charge in [0.2, 0.25) is 0 Å². The molecule has 1 heterocycles. The highest BCUT2D eigenvalue weighted by atomic mass is 28.4. The van der Waals surface area contributed by atoms with Crippen molar-refractivity contribution in [2.24, 2.45) is 5.11 Å². The van der Waals surface area contributed by atoms with Crippen LogP contribution in [0, 0.1) is 0 Å². The first-order valence-corrected chi connectivity index (χ1v) is 14.8. The number of esters is 3. The van der Waals surface area contributed by atoms with Gasteiger partial charge in [0.15, 0.2) is 18.5 Å². The zero-order valence-electron chi connectivity index (χ0n) is 23.5. The van der Waals surface area contributed by atoms with E-state index in [-0.39, 0.29) is 6.61 Å². The summed E-state index contributed by atoms with van der Waals surface area (Å²) in [6.07, 6.45) is -4.88. The number of hydrogen-bond acceptors (Lipinski definition) is 9. The Balaban J connectivity index is 2.24. The minimum Gasteiger partial charge on any atom is -0.463 e. The van der Waals surface area contributed by atoms with Crippen LogP contribution in [0.5, 0.6) is 0 Å². The van der Waals surface area contributed by atoms with Gasteiger partial charge in [0.25, 0.3) is 8.32 Å². The molecule has 3 rings (SSSR count). The molecule has 0 saturated carbocycles. The summed E-state index contributed by atoms with van der Waals surface area (Å²) in [4.78, 5) is 38.9. The van der Waals surface area contributed by atoms with Gasteiger partial charge in [-0.05, 0) is 20.9 Å². The van der Waals surface area contributed by atoms with E-state index in [2.05, 4.69) is 30.8 Å². The van der Waals surface area contributed by atoms with Crippen molar-refractivity contribution >= 4 is 36.6 Å². The van der Waals surface area contributed by atoms with E-state index >= 15 is 0 Å². The van der Waals surface area contributed by atoms with Crippen LogP contribution in [0.15, 0.2) is 65.8 Å². The first-order valence-electron chi connectivity index (χ1n) is 12.9. The maximum Gasteiger partial charge on any atom is 0.303 e. The maximum absolute atomic E-state index is 12.2. The van der Waals surface area contributed by atoms with Gasteiger partial charge >= 0.3 is 17.9 Å². The third-order valence-electron chi connectivity index (χ3n) is 6.56. The molecule has 0 radical (unpaired) electrons. The van der Waals surface area contributed by atoms with Crippen LogP contribution in [-0.4, -0.2) is 63.5 Å². The van der Waals surface area contributed by atoms with Gasteiger partial charge in [-0.15, -0.1) is 0 Å². The van der Waals surface area contributed by atoms with Gasteiger partial charge in [-0.2, -0.15) is 0 Å². The summed E-state index contributed by atoms with van der Waals surface area (Å²) >= 11 is 0. The second kappa shape index (κ2) is 13.1. The SMILES string of the molecule is CC(=O)OCC1O[C@@H](O[Si](c2ccccc2)(c2ccccc2)C(C)(C)C)C(N=[N+]=[N-])[C@@H](OC(C)=O)[C@H]1OC(C)=O. The van der Waals surface area contributed by atoms with Crippen LogP contribution in [0.4, 0.5) is 0 Å². The molecule has 0 N–H and O–H groups in total. The van der Waals surface area contributed by atoms with E-state index in [1.54, 1.807) is 0 Å². The summed E-state index contributed by atoms with van der Waals surface area (Å²) in [6.45, 7) is 9.46. The molecule has 0 amide bonds. The lowest BCUT2D eigenvalue weighted by atomic mass is 9.97. The Morgan fingerprint density at radius 2 is 1.38 bits per heavy atom. The van der Waals surface area contributed by atoms with Gasteiger partial charge in [-0.3, -0.25) is 14.4 Å². The highest BCUT2D eigenvalue weighted by molar-refractivity contribution is 6.99. The summed E-state index contributed by atoms with van der Waals surface area (Å²) in [5.41, 5.74) is 9.53. The Bertz CT molecular complexity index is 1190. The van der Waals surface area contributed by atoms with E-state index in [1.807, 2.05) is 60.7 Å². The normalized spacial score (nSPS) is 22.9. The molecule has 12 heteroatoms. The van der Waals surface area contributed by atoms with Crippen LogP contribution in [0.3, 0.4) is 0 Å². The smallest absolute Gasteiger partial charge is 0.303 e. The van der Waals surface area contributed by atoms with Crippen LogP contribution < -0.4 is 10.4 Å². The fourth-order valence-corrected chi connectivity index (χ4v) is 9.59. The molecule has 1 saturated heterocycles. The van der Waals surface area contributed by atoms with Crippen molar-refractivity contribution in [3.8, 4) is 0 Å². The number of nitrogens with zero attached hydrogens (tertiary/aromatic N) is 3. The Morgan fingerprint density at radius 1 is 0.875 bits per heavy atom. The molecule has 2 aromatic carbocycles. The fraction of sp³-hybridized carbons (Fsp3) is 0.464. The molecule has 0 bridgehead atoms. The first kappa shape index (κ1) is 30.8. The van der Waals surface area contributed by atoms with E-state index in [1.165, 1.54) is 20.8 Å². The maximum atomic E-state index is 12.2. The molecule has 1 aliphatic heterocycles. The summed E-state index contributed by atoms with van der Waals surface area (Å²) in [5, 5.41) is 5.30. The molecule has 1 aliphatic rings. The number of benzene rings is 2. The van der Waals surface area contributed by atoms with Crippen molar-refractivity contribution in [3.63, 3.8) is 0 Å². The molecular formula is C28H35N3O8Si. The predicted octanol–water partition coefficient (Wildman–Crippen LogP) is 3.39. The van der Waals surface area contributed by atoms with Crippen molar-refractivity contribution in [2.75, 3.05) is 6.61 Å². The van der Waals surface area contributed by atoms with Gasteiger partial charge in [0.1, 0.15) is 18.8 Å². The van der Waals surface area contributed by atoms with Crippen molar-refractivity contribution in [1.29, 1.82) is 0 Å². The molecular weight excluding hydrogens is 534 g/mol. The van der Waals surface area contributed by atoms with E-state index in [4.69, 9.17) is 23.4 Å². The number of rotatable bonds is 9. The summed E-state index contributed by atoms with van der Waals surface area (Å²) in [7, 11) is -3.27. The van der Waals surface area contributed by atoms with Gasteiger partial charge in [-0.1, -0.05) is 86.5 Å². The van der Waals surface area contributed by atoms with Gasteiger partial charge < -0.3 is 23.4 Å². The Morgan fingerprint density at radius 3 is 1.80 bits per heavy atom. The van der Waals surface area contributed by atoms with Crippen molar-refractivity contribution < 1.29 is 37.8 Å². The zero-order valence-corrected chi connectivity index (χ0v) is 24.5. The van der Waals surface area contributed by atoms with E-state index in [0.717, 1.165) is 10.4 Å². The molecule has 2 aromatic rings. The van der Waals surface area contributed by atoms with Crippen molar-refractivity contribution in [1.82, 2.24) is 0 Å². The van der Waals surface area contributed by atoms with Crippen LogP contribution in [0.1, 0.15) is 41.5 Å². The number of hydrogen-bond donors (Lipinski definition) is 0. The number of ether oxygens (including phenoxy) is 4. The quantitative estimate of drug-likeness (QED) is 0.112. The van der Waals surface area contributed by atoms with Gasteiger partial charge in [0, 0.05) is 25.7 Å². The largest absolute Gasteiger partial charge is 0.463 e. The van der Waals surface area contributed by atoms with E-state index < -0.39 is 61.9 Å². The molecule has 40 heavy (non-hydrogen) atoms. The molecule has 0 aliphatic carbocycles. The van der Waals surface area contributed by atoms with Crippen molar-refractivity contribution in [2.45, 2.75) is 77.2 Å². The molecule has 0 aromatic heterocycles. The lowest BCUT2D eigenvalue weighted by Crippen LogP contribution is -2.71. The molecule has 2 unspecified atom stereocenters. The molecule has 0 spiro atoms. The van der Waals surface area contributed by atoms with Crippen LogP contribution >= 0.6 is 0 Å². The highest BCUT2D eigenvalue weighted by Gasteiger charge is 2.57. The van der Waals surface area contributed by atoms with Crippen LogP contribution in [-0.2, 0) is 37.8 Å². The third kappa shape index (κ3) is 6.89. The average molecular weight is 570 g/mol. The summed E-state index contributed by atoms with van der Waals surface area (Å²) < 4.78 is 29.7. The second-order valence-corrected chi connectivity index (χ2v) is 14.7. The van der Waals surface area contributed by atoms with Crippen LogP contribution in [0.25, 0.3) is 10.4 Å². The van der Waals surface area contributed by atoms with Crippen LogP contribution in [0.2, 0.25) is 5.04 Å². The molecule has 1 fully saturated rings. The van der Waals surface area contributed by atoms with Gasteiger partial charge in [0.05, 0.1) is 0 Å². The summed E-state index contributed by atoms with van der Waals surface area (Å²) in [6, 6.07) is 18.2.